The molecular weight excluding hydrogens is 462 g/mol. The lowest BCUT2D eigenvalue weighted by atomic mass is 10.2. The van der Waals surface area contributed by atoms with Gasteiger partial charge < -0.3 is 9.15 Å². The Balaban J connectivity index is 1.51. The highest BCUT2D eigenvalue weighted by molar-refractivity contribution is 7.89. The third kappa shape index (κ3) is 5.49. The second-order valence-corrected chi connectivity index (χ2v) is 9.14. The van der Waals surface area contributed by atoms with Crippen molar-refractivity contribution in [2.45, 2.75) is 18.0 Å². The van der Waals surface area contributed by atoms with Gasteiger partial charge in [-0.25, -0.2) is 23.6 Å². The number of hydroxylamine groups is 1. The number of benzene rings is 2. The van der Waals surface area contributed by atoms with Gasteiger partial charge in [0.25, 0.3) is 5.91 Å². The number of nitrogens with one attached hydrogen (secondary N) is 1. The van der Waals surface area contributed by atoms with Gasteiger partial charge in [-0.2, -0.15) is 9.40 Å². The average Bonchev–Trinajstić information content (AvgIpc) is 3.57. The average molecular weight is 484 g/mol. The van der Waals surface area contributed by atoms with Crippen LogP contribution in [-0.4, -0.2) is 45.1 Å². The van der Waals surface area contributed by atoms with E-state index >= 15 is 0 Å². The van der Waals surface area contributed by atoms with Crippen molar-refractivity contribution >= 4 is 15.9 Å². The van der Waals surface area contributed by atoms with E-state index < -0.39 is 22.5 Å². The molecule has 0 bridgehead atoms. The molecule has 11 nitrogen and oxygen atoms in total. The summed E-state index contributed by atoms with van der Waals surface area (Å²) in [5, 5.41) is 13.0. The van der Waals surface area contributed by atoms with Crippen molar-refractivity contribution in [3.8, 4) is 11.4 Å². The molecule has 1 amide bonds. The molecule has 0 aliphatic carbocycles. The van der Waals surface area contributed by atoms with Gasteiger partial charge in [0.15, 0.2) is 0 Å². The third-order valence-corrected chi connectivity index (χ3v) is 6.68. The molecule has 0 aliphatic heterocycles. The number of sulfonamides is 1. The molecule has 0 atom stereocenters. The Hall–Kier alpha value is -4.00. The lowest BCUT2D eigenvalue weighted by molar-refractivity contribution is -0.129. The van der Waals surface area contributed by atoms with Crippen molar-refractivity contribution < 1.29 is 27.6 Å². The Morgan fingerprint density at radius 2 is 1.85 bits per heavy atom. The molecule has 4 rings (SSSR count). The smallest absolute Gasteiger partial charge is 0.258 e. The summed E-state index contributed by atoms with van der Waals surface area (Å²) in [5.74, 6) is -0.383. The zero-order chi connectivity index (χ0) is 24.0. The summed E-state index contributed by atoms with van der Waals surface area (Å²) in [6.07, 6.45) is 6.04. The van der Waals surface area contributed by atoms with Crippen LogP contribution in [0.4, 0.5) is 0 Å². The van der Waals surface area contributed by atoms with Crippen LogP contribution in [-0.2, 0) is 28.0 Å². The summed E-state index contributed by atoms with van der Waals surface area (Å²) >= 11 is 0. The monoisotopic (exact) mass is 483 g/mol. The van der Waals surface area contributed by atoms with Gasteiger partial charge in [-0.05, 0) is 48.0 Å². The van der Waals surface area contributed by atoms with Gasteiger partial charge in [0, 0.05) is 12.1 Å². The van der Waals surface area contributed by atoms with E-state index in [0.717, 1.165) is 15.6 Å². The summed E-state index contributed by atoms with van der Waals surface area (Å²) in [7, 11) is -4.07. The molecular formula is C22H21N5O6S. The van der Waals surface area contributed by atoms with Crippen LogP contribution >= 0.6 is 0 Å². The largest absolute Gasteiger partial charge is 0.489 e. The molecule has 0 unspecified atom stereocenters. The van der Waals surface area contributed by atoms with Crippen LogP contribution in [0.5, 0.6) is 5.75 Å². The van der Waals surface area contributed by atoms with Crippen molar-refractivity contribution in [3.63, 3.8) is 0 Å². The van der Waals surface area contributed by atoms with Crippen molar-refractivity contribution in [1.82, 2.24) is 24.5 Å². The van der Waals surface area contributed by atoms with E-state index in [0.29, 0.717) is 11.3 Å². The van der Waals surface area contributed by atoms with E-state index in [2.05, 4.69) is 10.1 Å². The van der Waals surface area contributed by atoms with Gasteiger partial charge in [0.1, 0.15) is 25.0 Å². The molecule has 0 saturated heterocycles. The number of aromatic nitrogens is 3. The summed E-state index contributed by atoms with van der Waals surface area (Å²) in [4.78, 5) is 15.7. The maximum Gasteiger partial charge on any atom is 0.258 e. The Bertz CT molecular complexity index is 1310. The van der Waals surface area contributed by atoms with E-state index in [1.807, 2.05) is 0 Å². The number of hydrogen-bond donors (Lipinski definition) is 2. The highest BCUT2D eigenvalue weighted by Crippen LogP contribution is 2.22. The lowest BCUT2D eigenvalue weighted by Crippen LogP contribution is -2.39. The molecule has 176 valence electrons. The Morgan fingerprint density at radius 1 is 1.09 bits per heavy atom. The number of rotatable bonds is 10. The molecule has 0 aliphatic rings. The van der Waals surface area contributed by atoms with Crippen molar-refractivity contribution in [2.75, 3.05) is 6.54 Å². The third-order valence-electron chi connectivity index (χ3n) is 4.87. The molecule has 0 fully saturated rings. The molecule has 0 spiro atoms. The Morgan fingerprint density at radius 3 is 2.47 bits per heavy atom. The van der Waals surface area contributed by atoms with Crippen LogP contribution in [0.15, 0.2) is 89.1 Å². The highest BCUT2D eigenvalue weighted by Gasteiger charge is 2.27. The number of nitrogens with zero attached hydrogens (tertiary/aromatic N) is 4. The van der Waals surface area contributed by atoms with E-state index in [4.69, 9.17) is 14.4 Å². The quantitative estimate of drug-likeness (QED) is 0.258. The molecule has 34 heavy (non-hydrogen) atoms. The van der Waals surface area contributed by atoms with Gasteiger partial charge in [-0.15, -0.1) is 0 Å². The predicted octanol–water partition coefficient (Wildman–Crippen LogP) is 2.14. The normalized spacial score (nSPS) is 11.5. The fraction of sp³-hybridized carbons (Fsp3) is 0.136. The van der Waals surface area contributed by atoms with Crippen LogP contribution in [0.3, 0.4) is 0 Å². The minimum absolute atomic E-state index is 0.0202. The second kappa shape index (κ2) is 10.3. The van der Waals surface area contributed by atoms with Crippen molar-refractivity contribution in [1.29, 1.82) is 0 Å². The van der Waals surface area contributed by atoms with Gasteiger partial charge in [0.2, 0.25) is 10.0 Å². The topological polar surface area (TPSA) is 140 Å². The van der Waals surface area contributed by atoms with Crippen LogP contribution in [0.1, 0.15) is 11.1 Å². The van der Waals surface area contributed by atoms with E-state index in [1.165, 1.54) is 42.3 Å². The fourth-order valence-corrected chi connectivity index (χ4v) is 4.50. The number of carbonyl (C=O) groups excluding carboxylic acids is 1. The predicted molar refractivity (Wildman–Crippen MR) is 118 cm³/mol. The van der Waals surface area contributed by atoms with Gasteiger partial charge in [-0.3, -0.25) is 10.0 Å². The molecule has 2 aromatic carbocycles. The van der Waals surface area contributed by atoms with Crippen LogP contribution in [0.25, 0.3) is 5.69 Å². The van der Waals surface area contributed by atoms with Gasteiger partial charge >= 0.3 is 0 Å². The maximum atomic E-state index is 13.3. The molecule has 2 N–H and O–H groups in total. The molecule has 4 aromatic rings. The standard InChI is InChI=1S/C22H21N5O6S/c28-22(25-29)12-26(11-17-1-3-19(4-2-17)27-16-23-15-24-27)34(30,31)21-7-5-20(6-8-21)33-14-18-9-10-32-13-18/h1-10,13,15-16,29H,11-12,14H2,(H,25,28). The molecule has 0 saturated carbocycles. The van der Waals surface area contributed by atoms with E-state index in [-0.39, 0.29) is 18.0 Å². The SMILES string of the molecule is O=C(CN(Cc1ccc(-n2cncn2)cc1)S(=O)(=O)c1ccc(OCc2ccoc2)cc1)NO. The fourth-order valence-electron chi connectivity index (χ4n) is 3.12. The van der Waals surface area contributed by atoms with Gasteiger partial charge in [-0.1, -0.05) is 12.1 Å². The first-order valence-electron chi connectivity index (χ1n) is 10.1. The number of amides is 1. The zero-order valence-corrected chi connectivity index (χ0v) is 18.6. The number of ether oxygens (including phenoxy) is 1. The molecule has 2 aromatic heterocycles. The lowest BCUT2D eigenvalue weighted by Gasteiger charge is -2.21. The number of furan rings is 1. The van der Waals surface area contributed by atoms with Crippen molar-refractivity contribution in [3.05, 3.63) is 90.9 Å². The summed E-state index contributed by atoms with van der Waals surface area (Å²) < 4.78 is 39.7. The maximum absolute atomic E-state index is 13.3. The number of carbonyl (C=O) groups is 1. The molecule has 2 heterocycles. The van der Waals surface area contributed by atoms with Crippen molar-refractivity contribution in [2.24, 2.45) is 0 Å². The minimum Gasteiger partial charge on any atom is -0.489 e. The van der Waals surface area contributed by atoms with E-state index in [1.54, 1.807) is 47.6 Å². The van der Waals surface area contributed by atoms with E-state index in [9.17, 15) is 13.2 Å². The Labute approximate surface area is 195 Å². The molecule has 12 heteroatoms. The first-order chi connectivity index (χ1) is 16.5. The minimum atomic E-state index is -4.07. The summed E-state index contributed by atoms with van der Waals surface area (Å²) in [6, 6.07) is 14.6. The van der Waals surface area contributed by atoms with Crippen LogP contribution < -0.4 is 10.2 Å². The first kappa shape index (κ1) is 23.2. The summed E-state index contributed by atoms with van der Waals surface area (Å²) in [5.41, 5.74) is 3.70. The number of hydrogen-bond acceptors (Lipinski definition) is 8. The van der Waals surface area contributed by atoms with Gasteiger partial charge in [0.05, 0.1) is 29.7 Å². The zero-order valence-electron chi connectivity index (χ0n) is 17.8. The highest BCUT2D eigenvalue weighted by atomic mass is 32.2. The first-order valence-corrected chi connectivity index (χ1v) is 11.5. The van der Waals surface area contributed by atoms with Crippen LogP contribution in [0.2, 0.25) is 0 Å². The second-order valence-electron chi connectivity index (χ2n) is 7.21. The summed E-state index contributed by atoms with van der Waals surface area (Å²) in [6.45, 7) is -0.384. The van der Waals surface area contributed by atoms with Crippen LogP contribution in [0, 0.1) is 0 Å². The Kier molecular flexibility index (Phi) is 7.01. The molecule has 0 radical (unpaired) electrons.